The van der Waals surface area contributed by atoms with Crippen LogP contribution in [0.2, 0.25) is 0 Å². The summed E-state index contributed by atoms with van der Waals surface area (Å²) < 4.78 is 11.9. The van der Waals surface area contributed by atoms with Crippen molar-refractivity contribution in [2.24, 2.45) is 5.73 Å². The van der Waals surface area contributed by atoms with Gasteiger partial charge in [-0.1, -0.05) is 26.2 Å². The van der Waals surface area contributed by atoms with E-state index in [1.54, 1.807) is 0 Å². The molecule has 2 unspecified atom stereocenters. The Balaban J connectivity index is 2.12. The number of hydrogen-bond acceptors (Lipinski definition) is 2. The summed E-state index contributed by atoms with van der Waals surface area (Å²) in [5.41, 5.74) is 5.84. The van der Waals surface area contributed by atoms with Gasteiger partial charge in [-0.25, -0.2) is 0 Å². The highest BCUT2D eigenvalue weighted by Crippen LogP contribution is 2.22. The summed E-state index contributed by atoms with van der Waals surface area (Å²) in [6.45, 7) is 2.11. The van der Waals surface area contributed by atoms with Gasteiger partial charge in [0.05, 0.1) is 0 Å². The molecule has 0 bridgehead atoms. The molecule has 0 spiro atoms. The smallest absolute Gasteiger partial charge is 0.0348 e. The molecule has 3 heteroatoms. The van der Waals surface area contributed by atoms with E-state index in [4.69, 9.17) is 5.73 Å². The molecule has 0 radical (unpaired) electrons. The van der Waals surface area contributed by atoms with E-state index in [0.29, 0.717) is 11.3 Å². The Morgan fingerprint density at radius 2 is 2.00 bits per heavy atom. The van der Waals surface area contributed by atoms with Gasteiger partial charge >= 0.3 is 0 Å². The molecule has 0 aliphatic heterocycles. The van der Waals surface area contributed by atoms with Crippen molar-refractivity contribution < 1.29 is 4.21 Å². The van der Waals surface area contributed by atoms with Crippen molar-refractivity contribution in [2.75, 3.05) is 5.75 Å². The normalized spacial score (nSPS) is 22.5. The second-order valence-corrected chi connectivity index (χ2v) is 6.49. The van der Waals surface area contributed by atoms with E-state index in [-0.39, 0.29) is 0 Å². The van der Waals surface area contributed by atoms with Crippen LogP contribution in [0.25, 0.3) is 0 Å². The summed E-state index contributed by atoms with van der Waals surface area (Å²) in [6.07, 6.45) is 9.40. The van der Waals surface area contributed by atoms with Crippen molar-refractivity contribution in [3.05, 3.63) is 0 Å². The minimum Gasteiger partial charge on any atom is -0.328 e. The molecule has 0 saturated heterocycles. The van der Waals surface area contributed by atoms with Gasteiger partial charge < -0.3 is 5.73 Å². The fraction of sp³-hybridized carbons (Fsp3) is 1.00. The summed E-state index contributed by atoms with van der Waals surface area (Å²) in [5.74, 6) is 0.873. The molecular weight excluding hydrogens is 206 g/mol. The maximum absolute atomic E-state index is 11.9. The number of hydrogen-bond donors (Lipinski definition) is 1. The first-order chi connectivity index (χ1) is 7.24. The van der Waals surface area contributed by atoms with Crippen molar-refractivity contribution >= 4 is 10.8 Å². The largest absolute Gasteiger partial charge is 0.328 e. The molecular formula is C12H25NOS. The highest BCUT2D eigenvalue weighted by molar-refractivity contribution is 7.85. The minimum atomic E-state index is -0.580. The van der Waals surface area contributed by atoms with Gasteiger partial charge in [-0.2, -0.15) is 0 Å². The van der Waals surface area contributed by atoms with E-state index in [0.717, 1.165) is 25.0 Å². The molecule has 1 aliphatic carbocycles. The third kappa shape index (κ3) is 5.12. The first-order valence-electron chi connectivity index (χ1n) is 6.36. The van der Waals surface area contributed by atoms with Gasteiger partial charge in [0.2, 0.25) is 0 Å². The lowest BCUT2D eigenvalue weighted by molar-refractivity contribution is 0.503. The third-order valence-corrected chi connectivity index (χ3v) is 5.27. The molecule has 0 aromatic carbocycles. The quantitative estimate of drug-likeness (QED) is 0.763. The summed E-state index contributed by atoms with van der Waals surface area (Å²) in [6, 6.07) is 0.313. The molecule has 1 fully saturated rings. The first kappa shape index (κ1) is 13.2. The fourth-order valence-corrected chi connectivity index (χ4v) is 3.83. The lowest BCUT2D eigenvalue weighted by Gasteiger charge is -2.21. The molecule has 1 saturated carbocycles. The van der Waals surface area contributed by atoms with E-state index in [1.165, 1.54) is 32.1 Å². The molecule has 2 nitrogen and oxygen atoms in total. The molecule has 0 aromatic rings. The molecule has 0 amide bonds. The number of rotatable bonds is 6. The van der Waals surface area contributed by atoms with Crippen LogP contribution in [0.4, 0.5) is 0 Å². The molecule has 1 aliphatic rings. The van der Waals surface area contributed by atoms with Crippen molar-refractivity contribution in [2.45, 2.75) is 69.6 Å². The summed E-state index contributed by atoms with van der Waals surface area (Å²) in [4.78, 5) is 0. The van der Waals surface area contributed by atoms with E-state index in [1.807, 2.05) is 0 Å². The van der Waals surface area contributed by atoms with Crippen molar-refractivity contribution in [1.82, 2.24) is 0 Å². The van der Waals surface area contributed by atoms with E-state index < -0.39 is 10.8 Å². The zero-order valence-corrected chi connectivity index (χ0v) is 10.7. The topological polar surface area (TPSA) is 43.1 Å². The van der Waals surface area contributed by atoms with Crippen molar-refractivity contribution in [3.8, 4) is 0 Å². The average molecular weight is 231 g/mol. The summed E-state index contributed by atoms with van der Waals surface area (Å²) in [7, 11) is -0.580. The van der Waals surface area contributed by atoms with Crippen LogP contribution in [0, 0.1) is 0 Å². The standard InChI is InChI=1S/C12H25NOS/c1-2-11(13)7-6-10-15(14)12-8-4-3-5-9-12/h11-12H,2-10,13H2,1H3. The van der Waals surface area contributed by atoms with E-state index >= 15 is 0 Å². The van der Waals surface area contributed by atoms with E-state index in [2.05, 4.69) is 6.92 Å². The Bertz CT molecular complexity index is 190. The third-order valence-electron chi connectivity index (χ3n) is 3.37. The molecule has 2 atom stereocenters. The minimum absolute atomic E-state index is 0.313. The van der Waals surface area contributed by atoms with Crippen LogP contribution >= 0.6 is 0 Å². The Kier molecular flexibility index (Phi) is 6.50. The second-order valence-electron chi connectivity index (χ2n) is 4.66. The van der Waals surface area contributed by atoms with E-state index in [9.17, 15) is 4.21 Å². The van der Waals surface area contributed by atoms with Crippen LogP contribution in [0.5, 0.6) is 0 Å². The molecule has 2 N–H and O–H groups in total. The predicted octanol–water partition coefficient (Wildman–Crippen LogP) is 2.59. The van der Waals surface area contributed by atoms with Gasteiger partial charge in [-0.3, -0.25) is 4.21 Å². The van der Waals surface area contributed by atoms with Gasteiger partial charge in [0.25, 0.3) is 0 Å². The Hall–Kier alpha value is 0.110. The van der Waals surface area contributed by atoms with Crippen LogP contribution in [0.1, 0.15) is 58.3 Å². The first-order valence-corrected chi connectivity index (χ1v) is 7.75. The average Bonchev–Trinajstić information content (AvgIpc) is 2.29. The van der Waals surface area contributed by atoms with Gasteiger partial charge in [-0.15, -0.1) is 0 Å². The van der Waals surface area contributed by atoms with Gasteiger partial charge in [-0.05, 0) is 32.1 Å². The Morgan fingerprint density at radius 3 is 2.60 bits per heavy atom. The van der Waals surface area contributed by atoms with Gasteiger partial charge in [0, 0.05) is 27.8 Å². The highest BCUT2D eigenvalue weighted by Gasteiger charge is 2.19. The fourth-order valence-electron chi connectivity index (χ4n) is 2.19. The Labute approximate surface area is 96.5 Å². The maximum atomic E-state index is 11.9. The molecule has 1 rings (SSSR count). The summed E-state index contributed by atoms with van der Waals surface area (Å²) in [5, 5.41) is 0.497. The molecule has 90 valence electrons. The van der Waals surface area contributed by atoms with Crippen molar-refractivity contribution in [3.63, 3.8) is 0 Å². The van der Waals surface area contributed by atoms with Crippen LogP contribution in [0.3, 0.4) is 0 Å². The van der Waals surface area contributed by atoms with Crippen LogP contribution in [-0.4, -0.2) is 21.3 Å². The molecule has 0 aromatic heterocycles. The SMILES string of the molecule is CCC(N)CCCS(=O)C1CCCCC1. The molecule has 0 heterocycles. The second kappa shape index (κ2) is 7.39. The Morgan fingerprint density at radius 1 is 1.33 bits per heavy atom. The zero-order chi connectivity index (χ0) is 11.1. The lowest BCUT2D eigenvalue weighted by Crippen LogP contribution is -2.23. The highest BCUT2D eigenvalue weighted by atomic mass is 32.2. The monoisotopic (exact) mass is 231 g/mol. The summed E-state index contributed by atoms with van der Waals surface area (Å²) >= 11 is 0. The lowest BCUT2D eigenvalue weighted by atomic mass is 10.0. The van der Waals surface area contributed by atoms with Crippen LogP contribution in [0.15, 0.2) is 0 Å². The number of nitrogens with two attached hydrogens (primary N) is 1. The van der Waals surface area contributed by atoms with Crippen LogP contribution < -0.4 is 5.73 Å². The van der Waals surface area contributed by atoms with Gasteiger partial charge in [0.1, 0.15) is 0 Å². The van der Waals surface area contributed by atoms with Gasteiger partial charge in [0.15, 0.2) is 0 Å². The van der Waals surface area contributed by atoms with Crippen LogP contribution in [-0.2, 0) is 10.8 Å². The molecule has 15 heavy (non-hydrogen) atoms. The van der Waals surface area contributed by atoms with Crippen molar-refractivity contribution in [1.29, 1.82) is 0 Å². The maximum Gasteiger partial charge on any atom is 0.0348 e. The predicted molar refractivity (Wildman–Crippen MR) is 67.4 cm³/mol. The zero-order valence-electron chi connectivity index (χ0n) is 9.91.